The predicted molar refractivity (Wildman–Crippen MR) is 76.1 cm³/mol. The van der Waals surface area contributed by atoms with Crippen LogP contribution in [-0.4, -0.2) is 28.9 Å². The molecule has 0 aliphatic heterocycles. The van der Waals surface area contributed by atoms with Crippen molar-refractivity contribution in [3.05, 3.63) is 35.4 Å². The Balaban J connectivity index is 2.03. The molecule has 0 radical (unpaired) electrons. The van der Waals surface area contributed by atoms with Gasteiger partial charge in [-0.05, 0) is 25.3 Å². The molecule has 1 fully saturated rings. The zero-order valence-corrected chi connectivity index (χ0v) is 12.0. The summed E-state index contributed by atoms with van der Waals surface area (Å²) in [4.78, 5) is 25.2. The minimum Gasteiger partial charge on any atom is -0.481 e. The molecule has 1 N–H and O–H groups in total. The van der Waals surface area contributed by atoms with Gasteiger partial charge >= 0.3 is 5.97 Å². The van der Waals surface area contributed by atoms with Crippen LogP contribution in [0.4, 0.5) is 0 Å². The summed E-state index contributed by atoms with van der Waals surface area (Å²) in [7, 11) is 1.75. The van der Waals surface area contributed by atoms with E-state index in [1.807, 2.05) is 31.2 Å². The fraction of sp³-hybridized carbons (Fsp3) is 0.500. The molecular weight excluding hydrogens is 254 g/mol. The van der Waals surface area contributed by atoms with E-state index in [-0.39, 0.29) is 11.8 Å². The van der Waals surface area contributed by atoms with Crippen molar-refractivity contribution in [2.24, 2.45) is 11.8 Å². The van der Waals surface area contributed by atoms with Crippen LogP contribution in [0.2, 0.25) is 0 Å². The molecule has 1 aromatic rings. The van der Waals surface area contributed by atoms with Crippen LogP contribution < -0.4 is 0 Å². The summed E-state index contributed by atoms with van der Waals surface area (Å²) in [6.45, 7) is 2.55. The molecule has 20 heavy (non-hydrogen) atoms. The lowest BCUT2D eigenvalue weighted by molar-refractivity contribution is -0.148. The molecule has 0 saturated heterocycles. The molecule has 4 nitrogen and oxygen atoms in total. The molecule has 1 amide bonds. The fourth-order valence-corrected chi connectivity index (χ4v) is 3.00. The van der Waals surface area contributed by atoms with Crippen molar-refractivity contribution in [3.63, 3.8) is 0 Å². The van der Waals surface area contributed by atoms with Crippen molar-refractivity contribution >= 4 is 11.9 Å². The highest BCUT2D eigenvalue weighted by atomic mass is 16.4. The Kier molecular flexibility index (Phi) is 4.42. The minimum atomic E-state index is -0.843. The van der Waals surface area contributed by atoms with Gasteiger partial charge in [0.25, 0.3) is 0 Å². The summed E-state index contributed by atoms with van der Waals surface area (Å²) in [5.74, 6) is -1.76. The second-order valence-corrected chi connectivity index (χ2v) is 5.67. The van der Waals surface area contributed by atoms with Gasteiger partial charge in [0.15, 0.2) is 0 Å². The lowest BCUT2D eigenvalue weighted by Gasteiger charge is -2.23. The Hall–Kier alpha value is -1.84. The number of carboxylic acid groups (broad SMARTS) is 1. The number of rotatable bonds is 4. The van der Waals surface area contributed by atoms with Crippen molar-refractivity contribution < 1.29 is 14.7 Å². The van der Waals surface area contributed by atoms with Gasteiger partial charge in [0, 0.05) is 13.6 Å². The molecule has 1 saturated carbocycles. The van der Waals surface area contributed by atoms with E-state index >= 15 is 0 Å². The highest BCUT2D eigenvalue weighted by molar-refractivity contribution is 5.85. The Morgan fingerprint density at radius 3 is 2.65 bits per heavy atom. The lowest BCUT2D eigenvalue weighted by Crippen LogP contribution is -2.36. The highest BCUT2D eigenvalue weighted by Gasteiger charge is 2.38. The predicted octanol–water partition coefficient (Wildman–Crippen LogP) is 2.45. The number of carbonyl (C=O) groups excluding carboxylic acids is 1. The molecule has 2 rings (SSSR count). The summed E-state index contributed by atoms with van der Waals surface area (Å²) in [5.41, 5.74) is 2.23. The van der Waals surface area contributed by atoms with Crippen LogP contribution >= 0.6 is 0 Å². The SMILES string of the molecule is Cc1cccc(CN(C)C(=O)[C@@H]2CCC[C@@H]2C(=O)O)c1. The molecule has 4 heteroatoms. The van der Waals surface area contributed by atoms with E-state index in [9.17, 15) is 9.59 Å². The fourth-order valence-electron chi connectivity index (χ4n) is 3.00. The number of hydrogen-bond acceptors (Lipinski definition) is 2. The quantitative estimate of drug-likeness (QED) is 0.918. The first-order valence-corrected chi connectivity index (χ1v) is 7.02. The van der Waals surface area contributed by atoms with Crippen LogP contribution in [0.1, 0.15) is 30.4 Å². The summed E-state index contributed by atoms with van der Waals surface area (Å²) in [6, 6.07) is 8.02. The average Bonchev–Trinajstić information content (AvgIpc) is 2.87. The Bertz CT molecular complexity index is 512. The van der Waals surface area contributed by atoms with Gasteiger partial charge in [-0.15, -0.1) is 0 Å². The summed E-state index contributed by atoms with van der Waals surface area (Å²) in [5, 5.41) is 9.17. The Morgan fingerprint density at radius 2 is 2.00 bits per heavy atom. The number of nitrogens with zero attached hydrogens (tertiary/aromatic N) is 1. The van der Waals surface area contributed by atoms with Crippen LogP contribution in [-0.2, 0) is 16.1 Å². The maximum atomic E-state index is 12.4. The van der Waals surface area contributed by atoms with Gasteiger partial charge in [-0.25, -0.2) is 0 Å². The first-order valence-electron chi connectivity index (χ1n) is 7.02. The number of carbonyl (C=O) groups is 2. The molecule has 2 atom stereocenters. The maximum Gasteiger partial charge on any atom is 0.307 e. The summed E-state index contributed by atoms with van der Waals surface area (Å²) in [6.07, 6.45) is 2.13. The monoisotopic (exact) mass is 275 g/mol. The van der Waals surface area contributed by atoms with Crippen molar-refractivity contribution in [3.8, 4) is 0 Å². The van der Waals surface area contributed by atoms with Crippen molar-refractivity contribution in [2.45, 2.75) is 32.7 Å². The van der Waals surface area contributed by atoms with Gasteiger partial charge < -0.3 is 10.0 Å². The van der Waals surface area contributed by atoms with Crippen LogP contribution in [0.3, 0.4) is 0 Å². The molecule has 0 heterocycles. The number of carboxylic acids is 1. The molecule has 1 aliphatic carbocycles. The molecule has 0 spiro atoms. The number of aliphatic carboxylic acids is 1. The number of amides is 1. The Morgan fingerprint density at radius 1 is 1.30 bits per heavy atom. The van der Waals surface area contributed by atoms with Crippen molar-refractivity contribution in [1.82, 2.24) is 4.90 Å². The second kappa shape index (κ2) is 6.07. The standard InChI is InChI=1S/C16H21NO3/c1-11-5-3-6-12(9-11)10-17(2)15(18)13-7-4-8-14(13)16(19)20/h3,5-6,9,13-14H,4,7-8,10H2,1-2H3,(H,19,20)/t13-,14+/m1/s1. The molecule has 1 aromatic carbocycles. The van der Waals surface area contributed by atoms with E-state index in [1.165, 1.54) is 0 Å². The zero-order valence-electron chi connectivity index (χ0n) is 12.0. The third kappa shape index (κ3) is 3.18. The summed E-state index contributed by atoms with van der Waals surface area (Å²) >= 11 is 0. The topological polar surface area (TPSA) is 57.6 Å². The van der Waals surface area contributed by atoms with Gasteiger partial charge in [-0.2, -0.15) is 0 Å². The smallest absolute Gasteiger partial charge is 0.307 e. The number of hydrogen-bond donors (Lipinski definition) is 1. The van der Waals surface area contributed by atoms with Gasteiger partial charge in [-0.1, -0.05) is 36.2 Å². The number of aryl methyl sites for hydroxylation is 1. The molecule has 0 aromatic heterocycles. The van der Waals surface area contributed by atoms with Crippen molar-refractivity contribution in [1.29, 1.82) is 0 Å². The third-order valence-electron chi connectivity index (χ3n) is 4.03. The highest BCUT2D eigenvalue weighted by Crippen LogP contribution is 2.33. The summed E-state index contributed by atoms with van der Waals surface area (Å²) < 4.78 is 0. The van der Waals surface area contributed by atoms with Crippen LogP contribution in [0, 0.1) is 18.8 Å². The van der Waals surface area contributed by atoms with E-state index in [4.69, 9.17) is 5.11 Å². The van der Waals surface area contributed by atoms with E-state index < -0.39 is 11.9 Å². The first kappa shape index (κ1) is 14.6. The van der Waals surface area contributed by atoms with E-state index in [0.717, 1.165) is 17.5 Å². The third-order valence-corrected chi connectivity index (χ3v) is 4.03. The lowest BCUT2D eigenvalue weighted by atomic mass is 9.94. The van der Waals surface area contributed by atoms with Crippen LogP contribution in [0.5, 0.6) is 0 Å². The van der Waals surface area contributed by atoms with Crippen molar-refractivity contribution in [2.75, 3.05) is 7.05 Å². The minimum absolute atomic E-state index is 0.0450. The van der Waals surface area contributed by atoms with E-state index in [2.05, 4.69) is 0 Å². The van der Waals surface area contributed by atoms with Gasteiger partial charge in [0.2, 0.25) is 5.91 Å². The van der Waals surface area contributed by atoms with Gasteiger partial charge in [-0.3, -0.25) is 9.59 Å². The maximum absolute atomic E-state index is 12.4. The average molecular weight is 275 g/mol. The zero-order chi connectivity index (χ0) is 14.7. The second-order valence-electron chi connectivity index (χ2n) is 5.67. The normalized spacial score (nSPS) is 21.7. The number of benzene rings is 1. The van der Waals surface area contributed by atoms with Crippen LogP contribution in [0.25, 0.3) is 0 Å². The van der Waals surface area contributed by atoms with Gasteiger partial charge in [0.05, 0.1) is 11.8 Å². The Labute approximate surface area is 119 Å². The molecule has 0 bridgehead atoms. The molecular formula is C16H21NO3. The molecule has 108 valence electrons. The van der Waals surface area contributed by atoms with Gasteiger partial charge in [0.1, 0.15) is 0 Å². The first-order chi connectivity index (χ1) is 9.49. The largest absolute Gasteiger partial charge is 0.481 e. The molecule has 0 unspecified atom stereocenters. The molecule has 1 aliphatic rings. The van der Waals surface area contributed by atoms with E-state index in [0.29, 0.717) is 19.4 Å². The van der Waals surface area contributed by atoms with Crippen LogP contribution in [0.15, 0.2) is 24.3 Å². The van der Waals surface area contributed by atoms with E-state index in [1.54, 1.807) is 11.9 Å².